The third-order valence-corrected chi connectivity index (χ3v) is 10.2. The maximum Gasteiger partial charge on any atom is 0.309 e. The van der Waals surface area contributed by atoms with Crippen molar-refractivity contribution in [1.82, 2.24) is 0 Å². The molecule has 1 aliphatic carbocycles. The number of carbonyl (C=O) groups is 2. The molecular formula is C44H80O4. The van der Waals surface area contributed by atoms with Gasteiger partial charge >= 0.3 is 11.9 Å². The van der Waals surface area contributed by atoms with Gasteiger partial charge in [-0.05, 0) is 77.0 Å². The Morgan fingerprint density at radius 1 is 0.417 bits per heavy atom. The Morgan fingerprint density at radius 3 is 1.00 bits per heavy atom. The van der Waals surface area contributed by atoms with Gasteiger partial charge in [0.1, 0.15) is 0 Å². The van der Waals surface area contributed by atoms with Crippen molar-refractivity contribution < 1.29 is 19.1 Å². The highest BCUT2D eigenvalue weighted by molar-refractivity contribution is 5.82. The minimum Gasteiger partial charge on any atom is -0.465 e. The van der Waals surface area contributed by atoms with Gasteiger partial charge in [0.2, 0.25) is 0 Å². The Bertz CT molecular complexity index is 708. The fourth-order valence-electron chi connectivity index (χ4n) is 6.95. The van der Waals surface area contributed by atoms with Gasteiger partial charge in [0.25, 0.3) is 0 Å². The Hall–Kier alpha value is -1.58. The molecule has 0 spiro atoms. The molecular weight excluding hydrogens is 592 g/mol. The summed E-state index contributed by atoms with van der Waals surface area (Å²) < 4.78 is 11.3. The van der Waals surface area contributed by atoms with Gasteiger partial charge in [-0.2, -0.15) is 0 Å². The lowest BCUT2D eigenvalue weighted by Gasteiger charge is -2.28. The Labute approximate surface area is 299 Å². The summed E-state index contributed by atoms with van der Waals surface area (Å²) in [7, 11) is 0. The Kier molecular flexibility index (Phi) is 32.6. The second-order valence-corrected chi connectivity index (χ2v) is 14.7. The largest absolute Gasteiger partial charge is 0.465 e. The van der Waals surface area contributed by atoms with Crippen LogP contribution in [-0.2, 0) is 19.1 Å². The molecule has 0 aliphatic heterocycles. The second kappa shape index (κ2) is 35.3. The summed E-state index contributed by atoms with van der Waals surface area (Å²) in [6.07, 6.45) is 48.4. The van der Waals surface area contributed by atoms with E-state index in [9.17, 15) is 9.59 Å². The maximum atomic E-state index is 12.9. The summed E-state index contributed by atoms with van der Waals surface area (Å²) in [6.45, 7) is 5.51. The summed E-state index contributed by atoms with van der Waals surface area (Å²) >= 11 is 0. The SMILES string of the molecule is CCCCCCCC/C=C\CCCCCCCCOC(=O)C1CCCCC1C(=O)OCCCCCCCC/C=C\CCCCCCCC. The minimum absolute atomic E-state index is 0.179. The number of rotatable bonds is 34. The van der Waals surface area contributed by atoms with Gasteiger partial charge in [0, 0.05) is 0 Å². The topological polar surface area (TPSA) is 52.6 Å². The molecule has 0 aromatic carbocycles. The van der Waals surface area contributed by atoms with Crippen molar-refractivity contribution in [3.8, 4) is 0 Å². The molecule has 2 unspecified atom stereocenters. The van der Waals surface area contributed by atoms with Crippen molar-refractivity contribution in [3.05, 3.63) is 24.3 Å². The average Bonchev–Trinajstić information content (AvgIpc) is 3.10. The van der Waals surface area contributed by atoms with Crippen LogP contribution in [0.25, 0.3) is 0 Å². The molecule has 1 rings (SSSR count). The van der Waals surface area contributed by atoms with E-state index < -0.39 is 0 Å². The predicted molar refractivity (Wildman–Crippen MR) is 206 cm³/mol. The van der Waals surface area contributed by atoms with E-state index in [1.807, 2.05) is 0 Å². The zero-order valence-electron chi connectivity index (χ0n) is 32.1. The molecule has 1 saturated carbocycles. The van der Waals surface area contributed by atoms with Gasteiger partial charge < -0.3 is 9.47 Å². The molecule has 2 atom stereocenters. The molecule has 4 heteroatoms. The van der Waals surface area contributed by atoms with Crippen molar-refractivity contribution in [2.75, 3.05) is 13.2 Å². The fraction of sp³-hybridized carbons (Fsp3) is 0.864. The van der Waals surface area contributed by atoms with Crippen molar-refractivity contribution in [1.29, 1.82) is 0 Å². The summed E-state index contributed by atoms with van der Waals surface area (Å²) in [4.78, 5) is 25.7. The standard InChI is InChI=1S/C44H80O4/c1-3-5-7-9-11-13-15-17-19-21-23-25-27-29-31-35-39-47-43(45)41-37-33-34-38-42(41)44(46)48-40-36-32-30-28-26-24-22-20-18-16-14-12-10-8-6-4-2/h17-20,41-42H,3-16,21-40H2,1-2H3/b19-17-,20-18-. The molecule has 0 aromatic rings. The average molecular weight is 673 g/mol. The summed E-state index contributed by atoms with van der Waals surface area (Å²) in [5.41, 5.74) is 0. The number of hydrogen-bond donors (Lipinski definition) is 0. The molecule has 280 valence electrons. The van der Waals surface area contributed by atoms with E-state index in [0.29, 0.717) is 13.2 Å². The van der Waals surface area contributed by atoms with Gasteiger partial charge in [0.05, 0.1) is 25.0 Å². The first-order chi connectivity index (χ1) is 23.7. The molecule has 0 amide bonds. The third kappa shape index (κ3) is 27.3. The maximum absolute atomic E-state index is 12.9. The molecule has 0 saturated heterocycles. The number of ether oxygens (including phenoxy) is 2. The highest BCUT2D eigenvalue weighted by Gasteiger charge is 2.37. The first kappa shape index (κ1) is 44.4. The third-order valence-electron chi connectivity index (χ3n) is 10.2. The number of unbranched alkanes of at least 4 members (excludes halogenated alkanes) is 24. The lowest BCUT2D eigenvalue weighted by Crippen LogP contribution is -2.35. The Morgan fingerprint density at radius 2 is 0.688 bits per heavy atom. The molecule has 4 nitrogen and oxygen atoms in total. The van der Waals surface area contributed by atoms with E-state index in [1.165, 1.54) is 154 Å². The van der Waals surface area contributed by atoms with Gasteiger partial charge in [-0.3, -0.25) is 9.59 Å². The summed E-state index contributed by atoms with van der Waals surface area (Å²) in [5.74, 6) is -0.997. The zero-order chi connectivity index (χ0) is 34.6. The second-order valence-electron chi connectivity index (χ2n) is 14.7. The van der Waals surface area contributed by atoms with Crippen molar-refractivity contribution in [3.63, 3.8) is 0 Å². The van der Waals surface area contributed by atoms with Gasteiger partial charge in [-0.1, -0.05) is 167 Å². The van der Waals surface area contributed by atoms with Crippen LogP contribution in [0.1, 0.15) is 219 Å². The van der Waals surface area contributed by atoms with Crippen LogP contribution in [0.2, 0.25) is 0 Å². The Balaban J connectivity index is 1.99. The zero-order valence-corrected chi connectivity index (χ0v) is 32.1. The van der Waals surface area contributed by atoms with E-state index >= 15 is 0 Å². The highest BCUT2D eigenvalue weighted by atomic mass is 16.5. The minimum atomic E-state index is -0.319. The fourth-order valence-corrected chi connectivity index (χ4v) is 6.95. The molecule has 1 aliphatic rings. The van der Waals surface area contributed by atoms with Gasteiger partial charge in [-0.25, -0.2) is 0 Å². The van der Waals surface area contributed by atoms with Crippen LogP contribution in [0.3, 0.4) is 0 Å². The first-order valence-corrected chi connectivity index (χ1v) is 21.3. The smallest absolute Gasteiger partial charge is 0.309 e. The van der Waals surface area contributed by atoms with Crippen LogP contribution < -0.4 is 0 Å². The predicted octanol–water partition coefficient (Wildman–Crippen LogP) is 14.0. The molecule has 0 N–H and O–H groups in total. The molecule has 48 heavy (non-hydrogen) atoms. The van der Waals surface area contributed by atoms with E-state index in [2.05, 4.69) is 38.2 Å². The summed E-state index contributed by atoms with van der Waals surface area (Å²) in [5, 5.41) is 0. The lowest BCUT2D eigenvalue weighted by molar-refractivity contribution is -0.163. The molecule has 0 bridgehead atoms. The van der Waals surface area contributed by atoms with Crippen LogP contribution in [0.5, 0.6) is 0 Å². The molecule has 0 heterocycles. The highest BCUT2D eigenvalue weighted by Crippen LogP contribution is 2.32. The number of esters is 2. The normalized spacial score (nSPS) is 16.6. The van der Waals surface area contributed by atoms with Crippen LogP contribution in [0.4, 0.5) is 0 Å². The van der Waals surface area contributed by atoms with Crippen molar-refractivity contribution >= 4 is 11.9 Å². The van der Waals surface area contributed by atoms with E-state index in [4.69, 9.17) is 9.47 Å². The monoisotopic (exact) mass is 673 g/mol. The number of hydrogen-bond acceptors (Lipinski definition) is 4. The number of allylic oxidation sites excluding steroid dienone is 4. The van der Waals surface area contributed by atoms with Crippen LogP contribution in [-0.4, -0.2) is 25.2 Å². The number of carbonyl (C=O) groups excluding carboxylic acids is 2. The van der Waals surface area contributed by atoms with Crippen LogP contribution >= 0.6 is 0 Å². The van der Waals surface area contributed by atoms with Crippen LogP contribution in [0.15, 0.2) is 24.3 Å². The van der Waals surface area contributed by atoms with Crippen molar-refractivity contribution in [2.45, 2.75) is 219 Å². The van der Waals surface area contributed by atoms with Crippen molar-refractivity contribution in [2.24, 2.45) is 11.8 Å². The van der Waals surface area contributed by atoms with E-state index in [1.54, 1.807) is 0 Å². The summed E-state index contributed by atoms with van der Waals surface area (Å²) in [6, 6.07) is 0. The molecule has 0 aromatic heterocycles. The van der Waals surface area contributed by atoms with E-state index in [0.717, 1.165) is 51.4 Å². The van der Waals surface area contributed by atoms with Crippen LogP contribution in [0, 0.1) is 11.8 Å². The molecule has 0 radical (unpaired) electrons. The first-order valence-electron chi connectivity index (χ1n) is 21.3. The quantitative estimate of drug-likeness (QED) is 0.0388. The van der Waals surface area contributed by atoms with E-state index in [-0.39, 0.29) is 23.8 Å². The lowest BCUT2D eigenvalue weighted by atomic mass is 9.79. The van der Waals surface area contributed by atoms with Gasteiger partial charge in [-0.15, -0.1) is 0 Å². The molecule has 1 fully saturated rings. The van der Waals surface area contributed by atoms with Gasteiger partial charge in [0.15, 0.2) is 0 Å².